The van der Waals surface area contributed by atoms with Crippen molar-refractivity contribution in [2.24, 2.45) is 5.41 Å². The average molecular weight is 284 g/mol. The zero-order chi connectivity index (χ0) is 15.3. The summed E-state index contributed by atoms with van der Waals surface area (Å²) in [5.74, 6) is 0.272. The van der Waals surface area contributed by atoms with Gasteiger partial charge in [0.15, 0.2) is 5.78 Å². The van der Waals surface area contributed by atoms with Gasteiger partial charge in [0.1, 0.15) is 0 Å². The van der Waals surface area contributed by atoms with Gasteiger partial charge in [-0.3, -0.25) is 4.79 Å². The van der Waals surface area contributed by atoms with Gasteiger partial charge < -0.3 is 4.57 Å². The van der Waals surface area contributed by atoms with Gasteiger partial charge in [-0.05, 0) is 24.8 Å². The number of aromatic nitrogens is 2. The second-order valence-electron chi connectivity index (χ2n) is 6.52. The highest BCUT2D eigenvalue weighted by Gasteiger charge is 2.30. The van der Waals surface area contributed by atoms with Crippen LogP contribution >= 0.6 is 0 Å². The third-order valence-electron chi connectivity index (χ3n) is 3.71. The van der Waals surface area contributed by atoms with Crippen molar-refractivity contribution in [3.8, 4) is 0 Å². The maximum Gasteiger partial charge on any atom is 0.160 e. The highest BCUT2D eigenvalue weighted by molar-refractivity contribution is 5.87. The molecule has 3 heteroatoms. The number of benzene rings is 1. The molecule has 0 fully saturated rings. The van der Waals surface area contributed by atoms with Crippen LogP contribution < -0.4 is 0 Å². The number of hydrogen-bond donors (Lipinski definition) is 0. The maximum absolute atomic E-state index is 12.7. The first kappa shape index (κ1) is 15.5. The van der Waals surface area contributed by atoms with Gasteiger partial charge in [0.2, 0.25) is 0 Å². The lowest BCUT2D eigenvalue weighted by Crippen LogP contribution is -2.30. The molecular formula is C18H24N2O. The van der Waals surface area contributed by atoms with Gasteiger partial charge in [-0.15, -0.1) is 0 Å². The largest absolute Gasteiger partial charge is 0.327 e. The Morgan fingerprint density at radius 3 is 2.52 bits per heavy atom. The zero-order valence-electron chi connectivity index (χ0n) is 13.1. The van der Waals surface area contributed by atoms with E-state index in [1.165, 1.54) is 5.56 Å². The summed E-state index contributed by atoms with van der Waals surface area (Å²) in [5, 5.41) is 0. The molecule has 0 bridgehead atoms. The molecule has 21 heavy (non-hydrogen) atoms. The Hall–Kier alpha value is -1.90. The molecular weight excluding hydrogens is 260 g/mol. The molecule has 0 N–H and O–H groups in total. The Balaban J connectivity index is 2.02. The summed E-state index contributed by atoms with van der Waals surface area (Å²) >= 11 is 0. The van der Waals surface area contributed by atoms with Gasteiger partial charge >= 0.3 is 0 Å². The second kappa shape index (κ2) is 6.70. The Labute approximate surface area is 127 Å². The number of rotatable bonds is 6. The van der Waals surface area contributed by atoms with Crippen molar-refractivity contribution in [3.05, 3.63) is 54.6 Å². The highest BCUT2D eigenvalue weighted by Crippen LogP contribution is 2.27. The van der Waals surface area contributed by atoms with Gasteiger partial charge in [0, 0.05) is 17.8 Å². The topological polar surface area (TPSA) is 34.9 Å². The normalized spacial score (nSPS) is 13.1. The van der Waals surface area contributed by atoms with E-state index in [0.717, 1.165) is 19.3 Å². The second-order valence-corrected chi connectivity index (χ2v) is 6.52. The number of ketones is 1. The van der Waals surface area contributed by atoms with Crippen molar-refractivity contribution in [3.63, 3.8) is 0 Å². The summed E-state index contributed by atoms with van der Waals surface area (Å²) in [5.41, 5.74) is 0.992. The van der Waals surface area contributed by atoms with Gasteiger partial charge in [0.05, 0.1) is 12.4 Å². The highest BCUT2D eigenvalue weighted by atomic mass is 16.1. The standard InChI is InChI=1S/C18H24N2O/c1-18(2,3)17(21)16(20-13-12-19-14-20)11-7-10-15-8-5-4-6-9-15/h4-6,8-9,12-14,16H,7,10-11H2,1-3H3. The molecule has 3 nitrogen and oxygen atoms in total. The number of carbonyl (C=O) groups excluding carboxylic acids is 1. The fraction of sp³-hybridized carbons (Fsp3) is 0.444. The monoisotopic (exact) mass is 284 g/mol. The average Bonchev–Trinajstić information content (AvgIpc) is 2.97. The molecule has 112 valence electrons. The van der Waals surface area contributed by atoms with Crippen LogP contribution in [-0.2, 0) is 11.2 Å². The molecule has 1 aromatic heterocycles. The number of carbonyl (C=O) groups is 1. The van der Waals surface area contributed by atoms with Crippen LogP contribution in [0.15, 0.2) is 49.1 Å². The SMILES string of the molecule is CC(C)(C)C(=O)C(CCCc1ccccc1)n1ccnc1. The lowest BCUT2D eigenvalue weighted by molar-refractivity contribution is -0.130. The van der Waals surface area contributed by atoms with E-state index in [0.29, 0.717) is 0 Å². The molecule has 0 amide bonds. The van der Waals surface area contributed by atoms with E-state index < -0.39 is 0 Å². The number of Topliss-reactive ketones (excluding diaryl/α,β-unsaturated/α-hetero) is 1. The number of aryl methyl sites for hydroxylation is 1. The van der Waals surface area contributed by atoms with Crippen molar-refractivity contribution in [2.45, 2.75) is 46.1 Å². The fourth-order valence-electron chi connectivity index (χ4n) is 2.51. The summed E-state index contributed by atoms with van der Waals surface area (Å²) in [6.45, 7) is 5.95. The summed E-state index contributed by atoms with van der Waals surface area (Å²) in [6, 6.07) is 10.3. The van der Waals surface area contributed by atoms with Gasteiger partial charge in [-0.2, -0.15) is 0 Å². The van der Waals surface area contributed by atoms with Crippen LogP contribution in [0.4, 0.5) is 0 Å². The molecule has 0 aliphatic carbocycles. The molecule has 1 atom stereocenters. The molecule has 0 saturated heterocycles. The van der Waals surface area contributed by atoms with E-state index >= 15 is 0 Å². The van der Waals surface area contributed by atoms with Crippen molar-refractivity contribution < 1.29 is 4.79 Å². The molecule has 1 heterocycles. The predicted molar refractivity (Wildman–Crippen MR) is 85.1 cm³/mol. The minimum Gasteiger partial charge on any atom is -0.327 e. The number of hydrogen-bond acceptors (Lipinski definition) is 2. The first-order valence-electron chi connectivity index (χ1n) is 7.54. The smallest absolute Gasteiger partial charge is 0.160 e. The van der Waals surface area contributed by atoms with E-state index in [4.69, 9.17) is 0 Å². The molecule has 0 saturated carbocycles. The summed E-state index contributed by atoms with van der Waals surface area (Å²) in [7, 11) is 0. The predicted octanol–water partition coefficient (Wildman–Crippen LogP) is 4.06. The molecule has 2 rings (SSSR count). The number of nitrogens with zero attached hydrogens (tertiary/aromatic N) is 2. The van der Waals surface area contributed by atoms with Gasteiger partial charge in [-0.1, -0.05) is 51.1 Å². The summed E-state index contributed by atoms with van der Waals surface area (Å²) < 4.78 is 1.94. The first-order valence-corrected chi connectivity index (χ1v) is 7.54. The summed E-state index contributed by atoms with van der Waals surface area (Å²) in [4.78, 5) is 16.7. The molecule has 1 aromatic carbocycles. The Morgan fingerprint density at radius 1 is 1.24 bits per heavy atom. The Morgan fingerprint density at radius 2 is 1.95 bits per heavy atom. The van der Waals surface area contributed by atoms with Crippen LogP contribution in [0.2, 0.25) is 0 Å². The fourth-order valence-corrected chi connectivity index (χ4v) is 2.51. The van der Waals surface area contributed by atoms with Crippen LogP contribution in [0.5, 0.6) is 0 Å². The molecule has 2 aromatic rings. The molecule has 0 aliphatic heterocycles. The van der Waals surface area contributed by atoms with E-state index in [1.54, 1.807) is 12.5 Å². The first-order chi connectivity index (χ1) is 9.98. The van der Waals surface area contributed by atoms with Crippen LogP contribution in [0.1, 0.15) is 45.2 Å². The Kier molecular flexibility index (Phi) is 4.94. The maximum atomic E-state index is 12.7. The number of imidazole rings is 1. The molecule has 0 spiro atoms. The third kappa shape index (κ3) is 4.28. The van der Waals surface area contributed by atoms with Crippen LogP contribution in [0.25, 0.3) is 0 Å². The van der Waals surface area contributed by atoms with Gasteiger partial charge in [-0.25, -0.2) is 4.98 Å². The van der Waals surface area contributed by atoms with E-state index in [-0.39, 0.29) is 17.2 Å². The van der Waals surface area contributed by atoms with Gasteiger partial charge in [0.25, 0.3) is 0 Å². The van der Waals surface area contributed by atoms with Crippen LogP contribution in [-0.4, -0.2) is 15.3 Å². The van der Waals surface area contributed by atoms with E-state index in [9.17, 15) is 4.79 Å². The van der Waals surface area contributed by atoms with Crippen molar-refractivity contribution in [2.75, 3.05) is 0 Å². The van der Waals surface area contributed by atoms with Crippen molar-refractivity contribution >= 4 is 5.78 Å². The lowest BCUT2D eigenvalue weighted by atomic mass is 9.84. The van der Waals surface area contributed by atoms with Crippen LogP contribution in [0.3, 0.4) is 0 Å². The Bertz CT molecular complexity index is 553. The third-order valence-corrected chi connectivity index (χ3v) is 3.71. The minimum absolute atomic E-state index is 0.115. The van der Waals surface area contributed by atoms with Crippen molar-refractivity contribution in [1.82, 2.24) is 9.55 Å². The van der Waals surface area contributed by atoms with Crippen LogP contribution in [0, 0.1) is 5.41 Å². The molecule has 0 radical (unpaired) electrons. The van der Waals surface area contributed by atoms with Crippen molar-refractivity contribution in [1.29, 1.82) is 0 Å². The molecule has 0 aliphatic rings. The van der Waals surface area contributed by atoms with E-state index in [1.807, 2.05) is 37.6 Å². The minimum atomic E-state index is -0.332. The summed E-state index contributed by atoms with van der Waals surface area (Å²) in [6.07, 6.45) is 8.22. The molecule has 1 unspecified atom stereocenters. The van der Waals surface area contributed by atoms with E-state index in [2.05, 4.69) is 29.2 Å². The lowest BCUT2D eigenvalue weighted by Gasteiger charge is -2.25. The zero-order valence-corrected chi connectivity index (χ0v) is 13.1. The quantitative estimate of drug-likeness (QED) is 0.801.